The van der Waals surface area contributed by atoms with Gasteiger partial charge in [0.1, 0.15) is 5.69 Å². The van der Waals surface area contributed by atoms with Gasteiger partial charge < -0.3 is 0 Å². The van der Waals surface area contributed by atoms with Crippen molar-refractivity contribution >= 4 is 26.6 Å². The fraction of sp³-hybridized carbons (Fsp3) is 0.0667. The highest BCUT2D eigenvalue weighted by Gasteiger charge is 2.22. The first-order chi connectivity index (χ1) is 10.1. The van der Waals surface area contributed by atoms with Crippen molar-refractivity contribution in [1.82, 2.24) is 3.97 Å². The van der Waals surface area contributed by atoms with Crippen LogP contribution in [0.25, 0.3) is 10.9 Å². The molecule has 2 aromatic carbocycles. The van der Waals surface area contributed by atoms with Crippen LogP contribution in [0.2, 0.25) is 0 Å². The minimum Gasteiger partial charge on any atom is -0.238 e. The molecule has 0 spiro atoms. The molecule has 3 aromatic rings. The first-order valence-electron chi connectivity index (χ1n) is 6.31. The lowest BCUT2D eigenvalue weighted by Crippen LogP contribution is -2.14. The molecule has 0 radical (unpaired) electrons. The standard InChI is InChI=1S/C15H12N2O3S/c1-11-10-13-14(16-18)8-5-9-15(13)17(11)21(19,20)12-6-3-2-4-7-12/h2-10H,1H3. The maximum atomic E-state index is 12.8. The molecular weight excluding hydrogens is 288 g/mol. The zero-order chi connectivity index (χ0) is 15.0. The number of hydrogen-bond donors (Lipinski definition) is 0. The SMILES string of the molecule is Cc1cc2c(N=O)cccc2n1S(=O)(=O)c1ccccc1. The number of hydrogen-bond acceptors (Lipinski definition) is 4. The Labute approximate surface area is 121 Å². The maximum Gasteiger partial charge on any atom is 0.268 e. The zero-order valence-corrected chi connectivity index (χ0v) is 12.0. The van der Waals surface area contributed by atoms with Gasteiger partial charge in [0.05, 0.1) is 10.4 Å². The summed E-state index contributed by atoms with van der Waals surface area (Å²) in [6.45, 7) is 1.69. The average molecular weight is 300 g/mol. The van der Waals surface area contributed by atoms with Crippen molar-refractivity contribution in [3.8, 4) is 0 Å². The fourth-order valence-electron chi connectivity index (χ4n) is 2.42. The third-order valence-electron chi connectivity index (χ3n) is 3.33. The van der Waals surface area contributed by atoms with Crippen molar-refractivity contribution in [2.75, 3.05) is 0 Å². The number of aromatic nitrogens is 1. The number of rotatable bonds is 3. The molecule has 6 heteroatoms. The van der Waals surface area contributed by atoms with Crippen molar-refractivity contribution in [2.24, 2.45) is 5.18 Å². The van der Waals surface area contributed by atoms with Crippen molar-refractivity contribution in [2.45, 2.75) is 11.8 Å². The van der Waals surface area contributed by atoms with Gasteiger partial charge in [-0.15, -0.1) is 4.91 Å². The Morgan fingerprint density at radius 2 is 1.71 bits per heavy atom. The lowest BCUT2D eigenvalue weighted by Gasteiger charge is -2.09. The monoisotopic (exact) mass is 300 g/mol. The summed E-state index contributed by atoms with van der Waals surface area (Å²) < 4.78 is 26.8. The molecule has 0 aliphatic carbocycles. The van der Waals surface area contributed by atoms with Crippen LogP contribution in [0.15, 0.2) is 64.7 Å². The summed E-state index contributed by atoms with van der Waals surface area (Å²) in [6.07, 6.45) is 0. The number of aryl methyl sites for hydroxylation is 1. The quantitative estimate of drug-likeness (QED) is 0.694. The van der Waals surface area contributed by atoms with Gasteiger partial charge in [-0.05, 0) is 42.4 Å². The Kier molecular flexibility index (Phi) is 3.10. The van der Waals surface area contributed by atoms with Gasteiger partial charge in [-0.2, -0.15) is 0 Å². The van der Waals surface area contributed by atoms with Crippen molar-refractivity contribution < 1.29 is 8.42 Å². The van der Waals surface area contributed by atoms with Gasteiger partial charge in [0.25, 0.3) is 10.0 Å². The number of benzene rings is 2. The van der Waals surface area contributed by atoms with E-state index in [1.807, 2.05) is 0 Å². The molecule has 106 valence electrons. The topological polar surface area (TPSA) is 68.5 Å². The summed E-state index contributed by atoms with van der Waals surface area (Å²) in [5, 5.41) is 3.48. The van der Waals surface area contributed by atoms with Gasteiger partial charge in [-0.3, -0.25) is 0 Å². The van der Waals surface area contributed by atoms with Gasteiger partial charge in [0.15, 0.2) is 0 Å². The third kappa shape index (κ3) is 2.04. The van der Waals surface area contributed by atoms with E-state index in [0.29, 0.717) is 16.6 Å². The van der Waals surface area contributed by atoms with Crippen LogP contribution in [0.5, 0.6) is 0 Å². The van der Waals surface area contributed by atoms with Crippen LogP contribution in [0.4, 0.5) is 5.69 Å². The highest BCUT2D eigenvalue weighted by Crippen LogP contribution is 2.31. The molecule has 0 saturated carbocycles. The molecule has 21 heavy (non-hydrogen) atoms. The first kappa shape index (κ1) is 13.5. The molecule has 3 rings (SSSR count). The van der Waals surface area contributed by atoms with E-state index < -0.39 is 10.0 Å². The summed E-state index contributed by atoms with van der Waals surface area (Å²) in [5.41, 5.74) is 1.22. The van der Waals surface area contributed by atoms with E-state index in [2.05, 4.69) is 5.18 Å². The Morgan fingerprint density at radius 3 is 2.38 bits per heavy atom. The smallest absolute Gasteiger partial charge is 0.238 e. The predicted octanol–water partition coefficient (Wildman–Crippen LogP) is 3.58. The van der Waals surface area contributed by atoms with Crippen LogP contribution in [0, 0.1) is 11.8 Å². The molecule has 0 fully saturated rings. The van der Waals surface area contributed by atoms with Crippen LogP contribution in [-0.2, 0) is 10.0 Å². The number of nitrogens with zero attached hydrogens (tertiary/aromatic N) is 2. The molecule has 0 bridgehead atoms. The molecule has 1 heterocycles. The summed E-state index contributed by atoms with van der Waals surface area (Å²) in [6, 6.07) is 14.7. The second-order valence-electron chi connectivity index (χ2n) is 4.67. The van der Waals surface area contributed by atoms with E-state index in [9.17, 15) is 13.3 Å². The minimum atomic E-state index is -3.70. The highest BCUT2D eigenvalue weighted by molar-refractivity contribution is 7.90. The van der Waals surface area contributed by atoms with Crippen molar-refractivity contribution in [3.05, 3.63) is 65.2 Å². The molecule has 0 N–H and O–H groups in total. The van der Waals surface area contributed by atoms with Crippen LogP contribution >= 0.6 is 0 Å². The van der Waals surface area contributed by atoms with E-state index in [1.54, 1.807) is 61.5 Å². The molecule has 0 amide bonds. The molecular formula is C15H12N2O3S. The fourth-order valence-corrected chi connectivity index (χ4v) is 3.98. The van der Waals surface area contributed by atoms with E-state index in [-0.39, 0.29) is 10.6 Å². The molecule has 0 aliphatic rings. The summed E-state index contributed by atoms with van der Waals surface area (Å²) >= 11 is 0. The first-order valence-corrected chi connectivity index (χ1v) is 7.75. The summed E-state index contributed by atoms with van der Waals surface area (Å²) in [7, 11) is -3.70. The highest BCUT2D eigenvalue weighted by atomic mass is 32.2. The van der Waals surface area contributed by atoms with E-state index in [4.69, 9.17) is 0 Å². The second kappa shape index (κ2) is 4.82. The molecule has 0 saturated heterocycles. The Balaban J connectivity index is 2.36. The summed E-state index contributed by atoms with van der Waals surface area (Å²) in [4.78, 5) is 11.1. The van der Waals surface area contributed by atoms with E-state index in [0.717, 1.165) is 0 Å². The van der Waals surface area contributed by atoms with Crippen LogP contribution in [0.1, 0.15) is 5.69 Å². The van der Waals surface area contributed by atoms with Gasteiger partial charge in [-0.25, -0.2) is 12.4 Å². The third-order valence-corrected chi connectivity index (χ3v) is 5.17. The Bertz CT molecular complexity index is 928. The maximum absolute atomic E-state index is 12.8. The number of fused-ring (bicyclic) bond motifs is 1. The summed E-state index contributed by atoms with van der Waals surface area (Å²) in [5.74, 6) is 0. The normalized spacial score (nSPS) is 11.7. The minimum absolute atomic E-state index is 0.204. The average Bonchev–Trinajstić information content (AvgIpc) is 2.84. The van der Waals surface area contributed by atoms with Crippen molar-refractivity contribution in [1.29, 1.82) is 0 Å². The van der Waals surface area contributed by atoms with Crippen LogP contribution < -0.4 is 0 Å². The second-order valence-corrected chi connectivity index (χ2v) is 6.46. The van der Waals surface area contributed by atoms with Gasteiger partial charge >= 0.3 is 0 Å². The Hall–Kier alpha value is -2.47. The van der Waals surface area contributed by atoms with Crippen LogP contribution in [0.3, 0.4) is 0 Å². The molecule has 0 aliphatic heterocycles. The van der Waals surface area contributed by atoms with Gasteiger partial charge in [-0.1, -0.05) is 24.3 Å². The van der Waals surface area contributed by atoms with Crippen molar-refractivity contribution in [3.63, 3.8) is 0 Å². The zero-order valence-electron chi connectivity index (χ0n) is 11.2. The predicted molar refractivity (Wildman–Crippen MR) is 81.2 cm³/mol. The molecule has 0 unspecified atom stereocenters. The molecule has 5 nitrogen and oxygen atoms in total. The lowest BCUT2D eigenvalue weighted by molar-refractivity contribution is 0.588. The molecule has 0 atom stereocenters. The largest absolute Gasteiger partial charge is 0.268 e. The van der Waals surface area contributed by atoms with Crippen LogP contribution in [-0.4, -0.2) is 12.4 Å². The van der Waals surface area contributed by atoms with E-state index >= 15 is 0 Å². The van der Waals surface area contributed by atoms with Gasteiger partial charge in [0, 0.05) is 11.1 Å². The number of nitroso groups, excluding NO2 is 1. The van der Waals surface area contributed by atoms with Gasteiger partial charge in [0.2, 0.25) is 0 Å². The molecule has 1 aromatic heterocycles. The van der Waals surface area contributed by atoms with E-state index in [1.165, 1.54) is 3.97 Å². The lowest BCUT2D eigenvalue weighted by atomic mass is 10.2. The Morgan fingerprint density at radius 1 is 1.00 bits per heavy atom.